The molecule has 1 aromatic carbocycles. The lowest BCUT2D eigenvalue weighted by Gasteiger charge is -2.38. The molecule has 1 unspecified atom stereocenters. The molecule has 3 heterocycles. The van der Waals surface area contributed by atoms with E-state index in [1.165, 1.54) is 0 Å². The van der Waals surface area contributed by atoms with Gasteiger partial charge >= 0.3 is 6.03 Å². The molecule has 0 spiro atoms. The van der Waals surface area contributed by atoms with Gasteiger partial charge in [0.15, 0.2) is 11.5 Å². The van der Waals surface area contributed by atoms with Gasteiger partial charge < -0.3 is 19.7 Å². The van der Waals surface area contributed by atoms with E-state index >= 15 is 0 Å². The van der Waals surface area contributed by atoms with Gasteiger partial charge in [-0.25, -0.2) is 4.79 Å². The van der Waals surface area contributed by atoms with E-state index in [9.17, 15) is 4.79 Å². The SMILES string of the molecule is CSC1C[C@H]2CC[C@@H](C1)N2C(=O)Nc1ccc2c(c1)OCO2. The molecule has 2 bridgehead atoms. The third-order valence-corrected chi connectivity index (χ3v) is 5.93. The van der Waals surface area contributed by atoms with Crippen molar-refractivity contribution in [2.24, 2.45) is 0 Å². The summed E-state index contributed by atoms with van der Waals surface area (Å²) < 4.78 is 10.7. The average molecular weight is 320 g/mol. The highest BCUT2D eigenvalue weighted by Crippen LogP contribution is 2.40. The number of carbonyl (C=O) groups excluding carboxylic acids is 1. The maximum atomic E-state index is 12.7. The Morgan fingerprint density at radius 2 is 1.95 bits per heavy atom. The number of rotatable bonds is 2. The van der Waals surface area contributed by atoms with Gasteiger partial charge in [-0.1, -0.05) is 0 Å². The summed E-state index contributed by atoms with van der Waals surface area (Å²) in [4.78, 5) is 14.7. The Morgan fingerprint density at radius 3 is 2.68 bits per heavy atom. The quantitative estimate of drug-likeness (QED) is 0.908. The first kappa shape index (κ1) is 14.1. The summed E-state index contributed by atoms with van der Waals surface area (Å²) in [7, 11) is 0. The lowest BCUT2D eigenvalue weighted by molar-refractivity contribution is 0.161. The first-order chi connectivity index (χ1) is 10.7. The number of nitrogens with zero attached hydrogens (tertiary/aromatic N) is 1. The Morgan fingerprint density at radius 1 is 1.23 bits per heavy atom. The summed E-state index contributed by atoms with van der Waals surface area (Å²) in [6.45, 7) is 0.249. The zero-order chi connectivity index (χ0) is 15.1. The van der Waals surface area contributed by atoms with Crippen molar-refractivity contribution >= 4 is 23.5 Å². The largest absolute Gasteiger partial charge is 0.454 e. The monoisotopic (exact) mass is 320 g/mol. The lowest BCUT2D eigenvalue weighted by atomic mass is 10.0. The molecule has 118 valence electrons. The van der Waals surface area contributed by atoms with E-state index in [2.05, 4.69) is 16.5 Å². The molecule has 3 aliphatic heterocycles. The van der Waals surface area contributed by atoms with Gasteiger partial charge in [-0.15, -0.1) is 0 Å². The van der Waals surface area contributed by atoms with Crippen LogP contribution < -0.4 is 14.8 Å². The number of hydrogen-bond acceptors (Lipinski definition) is 4. The third kappa shape index (κ3) is 2.39. The highest BCUT2D eigenvalue weighted by atomic mass is 32.2. The Kier molecular flexibility index (Phi) is 3.56. The number of amides is 2. The standard InChI is InChI=1S/C16H20N2O3S/c1-22-13-7-11-3-4-12(8-13)18(11)16(19)17-10-2-5-14-15(6-10)21-9-20-14/h2,5-6,11-13H,3-4,7-9H2,1H3,(H,17,19)/t11-,12+,13?. The number of nitrogens with one attached hydrogen (secondary N) is 1. The molecule has 2 saturated heterocycles. The van der Waals surface area contributed by atoms with Crippen molar-refractivity contribution in [3.8, 4) is 11.5 Å². The van der Waals surface area contributed by atoms with E-state index in [0.717, 1.165) is 37.1 Å². The topological polar surface area (TPSA) is 50.8 Å². The van der Waals surface area contributed by atoms with Crippen molar-refractivity contribution in [1.82, 2.24) is 4.90 Å². The van der Waals surface area contributed by atoms with Crippen LogP contribution in [0.4, 0.5) is 10.5 Å². The molecule has 0 aliphatic carbocycles. The van der Waals surface area contributed by atoms with Gasteiger partial charge in [-0.2, -0.15) is 11.8 Å². The van der Waals surface area contributed by atoms with Gasteiger partial charge in [0.05, 0.1) is 0 Å². The number of carbonyl (C=O) groups is 1. The molecule has 6 heteroatoms. The average Bonchev–Trinajstić information content (AvgIpc) is 3.09. The van der Waals surface area contributed by atoms with Crippen LogP contribution >= 0.6 is 11.8 Å². The molecule has 0 radical (unpaired) electrons. The third-order valence-electron chi connectivity index (χ3n) is 4.88. The van der Waals surface area contributed by atoms with Crippen LogP contribution in [0.2, 0.25) is 0 Å². The minimum Gasteiger partial charge on any atom is -0.454 e. The minimum absolute atomic E-state index is 0.0194. The van der Waals surface area contributed by atoms with Gasteiger partial charge in [0, 0.05) is 29.1 Å². The fourth-order valence-corrected chi connectivity index (χ4v) is 4.64. The summed E-state index contributed by atoms with van der Waals surface area (Å²) >= 11 is 1.94. The van der Waals surface area contributed by atoms with Crippen molar-refractivity contribution in [2.45, 2.75) is 43.0 Å². The molecular weight excluding hydrogens is 300 g/mol. The lowest BCUT2D eigenvalue weighted by Crippen LogP contribution is -2.49. The Labute approximate surface area is 134 Å². The summed E-state index contributed by atoms with van der Waals surface area (Å²) in [5.41, 5.74) is 0.764. The van der Waals surface area contributed by atoms with Gasteiger partial charge in [0.25, 0.3) is 0 Å². The smallest absolute Gasteiger partial charge is 0.322 e. The van der Waals surface area contributed by atoms with E-state index in [1.54, 1.807) is 0 Å². The minimum atomic E-state index is 0.0194. The fourth-order valence-electron chi connectivity index (χ4n) is 3.81. The summed E-state index contributed by atoms with van der Waals surface area (Å²) in [6.07, 6.45) is 6.68. The zero-order valence-electron chi connectivity index (χ0n) is 12.6. The van der Waals surface area contributed by atoms with Gasteiger partial charge in [-0.3, -0.25) is 0 Å². The summed E-state index contributed by atoms with van der Waals surface area (Å²) in [6, 6.07) is 6.34. The molecule has 3 atom stereocenters. The second-order valence-electron chi connectivity index (χ2n) is 6.12. The highest BCUT2D eigenvalue weighted by Gasteiger charge is 2.43. The van der Waals surface area contributed by atoms with Gasteiger partial charge in [0.2, 0.25) is 6.79 Å². The highest BCUT2D eigenvalue weighted by molar-refractivity contribution is 7.99. The van der Waals surface area contributed by atoms with Crippen LogP contribution in [0.15, 0.2) is 18.2 Å². The van der Waals surface area contributed by atoms with E-state index in [-0.39, 0.29) is 12.8 Å². The molecule has 0 saturated carbocycles. The second kappa shape index (κ2) is 5.57. The van der Waals surface area contributed by atoms with Crippen LogP contribution in [0.1, 0.15) is 25.7 Å². The van der Waals surface area contributed by atoms with Crippen LogP contribution in [0.3, 0.4) is 0 Å². The summed E-state index contributed by atoms with van der Waals surface area (Å²) in [5.74, 6) is 1.43. The number of anilines is 1. The Bertz CT molecular complexity index is 581. The van der Waals surface area contributed by atoms with Crippen molar-refractivity contribution in [3.05, 3.63) is 18.2 Å². The second-order valence-corrected chi connectivity index (χ2v) is 7.26. The molecule has 1 N–H and O–H groups in total. The van der Waals surface area contributed by atoms with Crippen LogP contribution in [0.5, 0.6) is 11.5 Å². The molecule has 5 nitrogen and oxygen atoms in total. The number of thioether (sulfide) groups is 1. The molecule has 1 aromatic rings. The predicted molar refractivity (Wildman–Crippen MR) is 86.8 cm³/mol. The molecule has 2 fully saturated rings. The molecule has 2 amide bonds. The zero-order valence-corrected chi connectivity index (χ0v) is 13.4. The Hall–Kier alpha value is -1.56. The molecular formula is C16H20N2O3S. The van der Waals surface area contributed by atoms with E-state index < -0.39 is 0 Å². The van der Waals surface area contributed by atoms with Crippen LogP contribution in [-0.2, 0) is 0 Å². The normalized spacial score (nSPS) is 28.8. The van der Waals surface area contributed by atoms with Gasteiger partial charge in [-0.05, 0) is 44.1 Å². The molecule has 3 aliphatic rings. The van der Waals surface area contributed by atoms with E-state index in [4.69, 9.17) is 9.47 Å². The number of piperidine rings is 1. The molecule has 4 rings (SSSR count). The number of benzene rings is 1. The van der Waals surface area contributed by atoms with Gasteiger partial charge in [0.1, 0.15) is 0 Å². The van der Waals surface area contributed by atoms with Crippen LogP contribution in [0, 0.1) is 0 Å². The molecule has 22 heavy (non-hydrogen) atoms. The first-order valence-electron chi connectivity index (χ1n) is 7.76. The van der Waals surface area contributed by atoms with Crippen molar-refractivity contribution in [3.63, 3.8) is 0 Å². The van der Waals surface area contributed by atoms with Crippen LogP contribution in [0.25, 0.3) is 0 Å². The maximum absolute atomic E-state index is 12.7. The first-order valence-corrected chi connectivity index (χ1v) is 9.05. The maximum Gasteiger partial charge on any atom is 0.322 e. The van der Waals surface area contributed by atoms with Crippen molar-refractivity contribution in [2.75, 3.05) is 18.4 Å². The van der Waals surface area contributed by atoms with Crippen LogP contribution in [-0.4, -0.2) is 41.3 Å². The van der Waals surface area contributed by atoms with E-state index in [1.807, 2.05) is 30.0 Å². The molecule has 0 aromatic heterocycles. The Balaban J connectivity index is 1.47. The number of urea groups is 1. The number of hydrogen-bond donors (Lipinski definition) is 1. The fraction of sp³-hybridized carbons (Fsp3) is 0.562. The number of ether oxygens (including phenoxy) is 2. The predicted octanol–water partition coefficient (Wildman–Crippen LogP) is 3.31. The number of fused-ring (bicyclic) bond motifs is 3. The van der Waals surface area contributed by atoms with Crippen molar-refractivity contribution in [1.29, 1.82) is 0 Å². The summed E-state index contributed by atoms with van der Waals surface area (Å²) in [5, 5.41) is 3.72. The van der Waals surface area contributed by atoms with E-state index in [0.29, 0.717) is 23.1 Å². The van der Waals surface area contributed by atoms with Crippen molar-refractivity contribution < 1.29 is 14.3 Å².